The smallest absolute Gasteiger partial charge is 0.119 e. The molecule has 0 saturated heterocycles. The van der Waals surface area contributed by atoms with Crippen LogP contribution in [0.2, 0.25) is 0 Å². The minimum absolute atomic E-state index is 0.216. The maximum Gasteiger partial charge on any atom is 0.119 e. The number of thiophene rings is 2. The van der Waals surface area contributed by atoms with E-state index in [1.807, 2.05) is 12.1 Å². The van der Waals surface area contributed by atoms with Gasteiger partial charge in [-0.3, -0.25) is 10.0 Å². The second-order valence-electron chi connectivity index (χ2n) is 13.1. The van der Waals surface area contributed by atoms with Crippen LogP contribution in [0.4, 0.5) is 11.4 Å². The SMILES string of the molecule is c1ccc(N2N=C(c3ccc(OCCCCCCOc4ccc(C5=NN(c6ccccc6)[C@H](c6cccs6)C5)cc4)cc3)C[C@@H]2c2cccs2)cc1. The molecule has 8 heteroatoms. The molecule has 0 N–H and O–H groups in total. The first-order valence-corrected chi connectivity index (χ1v) is 19.9. The van der Waals surface area contributed by atoms with E-state index < -0.39 is 0 Å². The quantitative estimate of drug-likeness (QED) is 0.0990. The summed E-state index contributed by atoms with van der Waals surface area (Å²) in [5.74, 6) is 1.81. The van der Waals surface area contributed by atoms with Gasteiger partial charge in [0.25, 0.3) is 0 Å². The number of rotatable bonds is 15. The predicted molar refractivity (Wildman–Crippen MR) is 217 cm³/mol. The third-order valence-corrected chi connectivity index (χ3v) is 11.5. The molecule has 4 heterocycles. The van der Waals surface area contributed by atoms with Gasteiger partial charge in [0.15, 0.2) is 0 Å². The topological polar surface area (TPSA) is 49.7 Å². The van der Waals surface area contributed by atoms with Crippen LogP contribution in [0, 0.1) is 0 Å². The van der Waals surface area contributed by atoms with Crippen molar-refractivity contribution in [3.63, 3.8) is 0 Å². The van der Waals surface area contributed by atoms with Gasteiger partial charge in [0.1, 0.15) is 11.5 Å². The van der Waals surface area contributed by atoms with E-state index in [4.69, 9.17) is 19.7 Å². The van der Waals surface area contributed by atoms with Crippen LogP contribution in [0.25, 0.3) is 0 Å². The van der Waals surface area contributed by atoms with Gasteiger partial charge in [-0.25, -0.2) is 0 Å². The van der Waals surface area contributed by atoms with E-state index in [9.17, 15) is 0 Å². The minimum atomic E-state index is 0.216. The first-order chi connectivity index (χ1) is 25.8. The summed E-state index contributed by atoms with van der Waals surface area (Å²) in [4.78, 5) is 2.66. The lowest BCUT2D eigenvalue weighted by molar-refractivity contribution is 0.287. The average molecular weight is 723 g/mol. The summed E-state index contributed by atoms with van der Waals surface area (Å²) in [6.07, 6.45) is 6.02. The Morgan fingerprint density at radius 1 is 0.481 bits per heavy atom. The van der Waals surface area contributed by atoms with Crippen LogP contribution in [-0.2, 0) is 0 Å². The number of para-hydroxylation sites is 2. The fraction of sp³-hybridized carbons (Fsp3) is 0.227. The lowest BCUT2D eigenvalue weighted by atomic mass is 10.0. The van der Waals surface area contributed by atoms with Crippen molar-refractivity contribution < 1.29 is 9.47 Å². The monoisotopic (exact) mass is 722 g/mol. The highest BCUT2D eigenvalue weighted by molar-refractivity contribution is 7.10. The van der Waals surface area contributed by atoms with Crippen molar-refractivity contribution in [2.24, 2.45) is 10.2 Å². The van der Waals surface area contributed by atoms with Gasteiger partial charge in [-0.15, -0.1) is 22.7 Å². The Hall–Kier alpha value is -5.18. The van der Waals surface area contributed by atoms with Crippen LogP contribution in [0.3, 0.4) is 0 Å². The normalized spacial score (nSPS) is 16.9. The van der Waals surface area contributed by atoms with Gasteiger partial charge >= 0.3 is 0 Å². The van der Waals surface area contributed by atoms with Crippen molar-refractivity contribution in [2.45, 2.75) is 50.6 Å². The number of hydrazone groups is 2. The van der Waals surface area contributed by atoms with Crippen molar-refractivity contribution in [2.75, 3.05) is 23.2 Å². The van der Waals surface area contributed by atoms with E-state index in [2.05, 4.69) is 142 Å². The van der Waals surface area contributed by atoms with Crippen LogP contribution in [-0.4, -0.2) is 24.6 Å². The summed E-state index contributed by atoms with van der Waals surface area (Å²) in [6, 6.07) is 46.8. The molecule has 4 aromatic carbocycles. The third-order valence-electron chi connectivity index (χ3n) is 9.56. The highest BCUT2D eigenvalue weighted by Crippen LogP contribution is 2.40. The minimum Gasteiger partial charge on any atom is -0.494 e. The van der Waals surface area contributed by atoms with E-state index >= 15 is 0 Å². The van der Waals surface area contributed by atoms with Crippen molar-refractivity contribution in [3.8, 4) is 11.5 Å². The molecule has 262 valence electrons. The Bertz CT molecular complexity index is 1900. The van der Waals surface area contributed by atoms with Crippen LogP contribution < -0.4 is 19.5 Å². The van der Waals surface area contributed by atoms with Gasteiger partial charge in [-0.2, -0.15) is 10.2 Å². The second-order valence-corrected chi connectivity index (χ2v) is 15.0. The summed E-state index contributed by atoms with van der Waals surface area (Å²) in [6.45, 7) is 1.42. The molecule has 2 aliphatic rings. The van der Waals surface area contributed by atoms with E-state index in [0.717, 1.165) is 83.9 Å². The molecule has 0 spiro atoms. The molecule has 6 aromatic rings. The number of unbranched alkanes of at least 4 members (excludes halogenated alkanes) is 3. The zero-order chi connectivity index (χ0) is 35.0. The molecular weight excluding hydrogens is 681 g/mol. The maximum absolute atomic E-state index is 6.09. The Kier molecular flexibility index (Phi) is 10.7. The fourth-order valence-corrected chi connectivity index (χ4v) is 8.46. The summed E-state index contributed by atoms with van der Waals surface area (Å²) >= 11 is 3.58. The number of anilines is 2. The van der Waals surface area contributed by atoms with E-state index in [0.29, 0.717) is 13.2 Å². The van der Waals surface area contributed by atoms with Crippen LogP contribution in [0.5, 0.6) is 11.5 Å². The summed E-state index contributed by atoms with van der Waals surface area (Å²) in [7, 11) is 0. The Morgan fingerprint density at radius 2 is 0.904 bits per heavy atom. The summed E-state index contributed by atoms with van der Waals surface area (Å²) in [5.41, 5.74) is 6.73. The Balaban J connectivity index is 0.758. The van der Waals surface area contributed by atoms with Gasteiger partial charge in [-0.1, -0.05) is 48.5 Å². The van der Waals surface area contributed by atoms with E-state index in [-0.39, 0.29) is 12.1 Å². The summed E-state index contributed by atoms with van der Waals surface area (Å²) in [5, 5.41) is 18.8. The highest BCUT2D eigenvalue weighted by atomic mass is 32.1. The predicted octanol–water partition coefficient (Wildman–Crippen LogP) is 11.5. The standard InChI is InChI=1S/C44H42N4O2S2/c1(9-27-49-37-23-19-33(20-24-37)39-31-41(43-17-11-29-51-43)47(45-39)35-13-5-3-6-14-35)2-10-28-50-38-25-21-34(22-26-38)40-32-42(44-18-12-30-52-44)48(46-40)36-15-7-4-8-16-36/h3-8,11-26,29-30,41-42H,1-2,9-10,27-28,31-32H2/t41-,42+. The van der Waals surface area contributed by atoms with Gasteiger partial charge in [0.05, 0.1) is 48.1 Å². The average Bonchev–Trinajstić information content (AvgIpc) is 4.04. The van der Waals surface area contributed by atoms with Crippen molar-refractivity contribution in [1.82, 2.24) is 0 Å². The molecule has 6 nitrogen and oxygen atoms in total. The van der Waals surface area contributed by atoms with Gasteiger partial charge in [0.2, 0.25) is 0 Å². The molecule has 0 bridgehead atoms. The molecule has 0 unspecified atom stereocenters. The Labute approximate surface area is 314 Å². The van der Waals surface area contributed by atoms with Crippen molar-refractivity contribution in [3.05, 3.63) is 165 Å². The molecule has 2 aliphatic heterocycles. The zero-order valence-corrected chi connectivity index (χ0v) is 30.7. The number of nitrogens with zero attached hydrogens (tertiary/aromatic N) is 4. The molecular formula is C44H42N4O2S2. The van der Waals surface area contributed by atoms with Crippen molar-refractivity contribution in [1.29, 1.82) is 0 Å². The van der Waals surface area contributed by atoms with E-state index in [1.54, 1.807) is 22.7 Å². The molecule has 0 saturated carbocycles. The largest absolute Gasteiger partial charge is 0.494 e. The number of benzene rings is 4. The molecule has 8 rings (SSSR count). The van der Waals surface area contributed by atoms with E-state index in [1.165, 1.54) is 9.75 Å². The van der Waals surface area contributed by atoms with Crippen LogP contribution in [0.1, 0.15) is 71.5 Å². The highest BCUT2D eigenvalue weighted by Gasteiger charge is 2.31. The lowest BCUT2D eigenvalue weighted by Crippen LogP contribution is -2.17. The maximum atomic E-state index is 6.09. The van der Waals surface area contributed by atoms with Crippen LogP contribution in [0.15, 0.2) is 154 Å². The molecule has 0 aliphatic carbocycles. The van der Waals surface area contributed by atoms with Gasteiger partial charge < -0.3 is 9.47 Å². The fourth-order valence-electron chi connectivity index (χ4n) is 6.84. The first kappa shape index (κ1) is 33.9. The molecule has 52 heavy (non-hydrogen) atoms. The Morgan fingerprint density at radius 3 is 1.29 bits per heavy atom. The molecule has 2 atom stereocenters. The van der Waals surface area contributed by atoms with Crippen LogP contribution >= 0.6 is 22.7 Å². The molecule has 2 aromatic heterocycles. The third kappa shape index (κ3) is 7.98. The molecule has 0 fully saturated rings. The van der Waals surface area contributed by atoms with Gasteiger partial charge in [-0.05, 0) is 132 Å². The van der Waals surface area contributed by atoms with Gasteiger partial charge in [0, 0.05) is 22.6 Å². The number of ether oxygens (including phenoxy) is 2. The summed E-state index contributed by atoms with van der Waals surface area (Å²) < 4.78 is 12.2. The van der Waals surface area contributed by atoms with Crippen molar-refractivity contribution >= 4 is 45.5 Å². The molecule has 0 radical (unpaired) electrons. The first-order valence-electron chi connectivity index (χ1n) is 18.2. The number of hydrogen-bond donors (Lipinski definition) is 0. The second kappa shape index (κ2) is 16.4. The molecule has 0 amide bonds. The zero-order valence-electron chi connectivity index (χ0n) is 29.1. The lowest BCUT2D eigenvalue weighted by Gasteiger charge is -2.22. The number of hydrogen-bond acceptors (Lipinski definition) is 8.